The van der Waals surface area contributed by atoms with Gasteiger partial charge in [0.2, 0.25) is 0 Å². The molecule has 2 aromatic rings. The standard InChI is InChI=1S/C17H23N3O/c1-13-3-4-15(17-5-8-19-20(17)2)11-16(13)18-12-14-6-9-21-10-7-14/h3-5,8,11,14,18H,6-7,9-10,12H2,1-2H3. The Morgan fingerprint density at radius 1 is 1.29 bits per heavy atom. The van der Waals surface area contributed by atoms with E-state index in [1.165, 1.54) is 16.8 Å². The van der Waals surface area contributed by atoms with Gasteiger partial charge in [0.15, 0.2) is 0 Å². The van der Waals surface area contributed by atoms with Crippen LogP contribution in [-0.4, -0.2) is 29.5 Å². The van der Waals surface area contributed by atoms with Gasteiger partial charge in [-0.1, -0.05) is 12.1 Å². The zero-order valence-electron chi connectivity index (χ0n) is 12.8. The molecule has 0 saturated carbocycles. The largest absolute Gasteiger partial charge is 0.385 e. The van der Waals surface area contributed by atoms with Crippen LogP contribution in [0, 0.1) is 12.8 Å². The van der Waals surface area contributed by atoms with Crippen molar-refractivity contribution in [3.63, 3.8) is 0 Å². The van der Waals surface area contributed by atoms with Gasteiger partial charge in [-0.25, -0.2) is 0 Å². The number of ether oxygens (including phenoxy) is 1. The number of benzene rings is 1. The third kappa shape index (κ3) is 3.27. The summed E-state index contributed by atoms with van der Waals surface area (Å²) in [6, 6.07) is 8.61. The molecule has 0 bridgehead atoms. The first kappa shape index (κ1) is 14.1. The zero-order valence-corrected chi connectivity index (χ0v) is 12.8. The van der Waals surface area contributed by atoms with E-state index < -0.39 is 0 Å². The summed E-state index contributed by atoms with van der Waals surface area (Å²) in [5, 5.41) is 7.87. The van der Waals surface area contributed by atoms with Crippen molar-refractivity contribution in [3.05, 3.63) is 36.0 Å². The Balaban J connectivity index is 1.73. The van der Waals surface area contributed by atoms with E-state index in [0.29, 0.717) is 0 Å². The number of hydrogen-bond donors (Lipinski definition) is 1. The van der Waals surface area contributed by atoms with Gasteiger partial charge in [0.25, 0.3) is 0 Å². The highest BCUT2D eigenvalue weighted by Crippen LogP contribution is 2.25. The molecule has 1 aromatic carbocycles. The average Bonchev–Trinajstić information content (AvgIpc) is 2.94. The topological polar surface area (TPSA) is 39.1 Å². The third-order valence-electron chi connectivity index (χ3n) is 4.28. The van der Waals surface area contributed by atoms with Crippen LogP contribution in [0.3, 0.4) is 0 Å². The van der Waals surface area contributed by atoms with Crippen molar-refractivity contribution < 1.29 is 4.74 Å². The molecule has 1 fully saturated rings. The number of nitrogens with zero attached hydrogens (tertiary/aromatic N) is 2. The summed E-state index contributed by atoms with van der Waals surface area (Å²) in [6.07, 6.45) is 4.16. The lowest BCUT2D eigenvalue weighted by Crippen LogP contribution is -2.22. The lowest BCUT2D eigenvalue weighted by atomic mass is 10.00. The SMILES string of the molecule is Cc1ccc(-c2ccnn2C)cc1NCC1CCOCC1. The second-order valence-corrected chi connectivity index (χ2v) is 5.81. The van der Waals surface area contributed by atoms with Crippen LogP contribution < -0.4 is 5.32 Å². The maximum atomic E-state index is 5.42. The van der Waals surface area contributed by atoms with Gasteiger partial charge in [0, 0.05) is 44.3 Å². The molecular weight excluding hydrogens is 262 g/mol. The molecule has 4 nitrogen and oxygen atoms in total. The highest BCUT2D eigenvalue weighted by atomic mass is 16.5. The number of anilines is 1. The Morgan fingerprint density at radius 3 is 2.81 bits per heavy atom. The summed E-state index contributed by atoms with van der Waals surface area (Å²) in [4.78, 5) is 0. The van der Waals surface area contributed by atoms with Crippen molar-refractivity contribution >= 4 is 5.69 Å². The summed E-state index contributed by atoms with van der Waals surface area (Å²) in [6.45, 7) is 4.99. The zero-order chi connectivity index (χ0) is 14.7. The molecule has 1 aliphatic rings. The van der Waals surface area contributed by atoms with Crippen molar-refractivity contribution in [2.24, 2.45) is 13.0 Å². The van der Waals surface area contributed by atoms with Gasteiger partial charge in [-0.15, -0.1) is 0 Å². The molecule has 1 N–H and O–H groups in total. The number of aryl methyl sites for hydroxylation is 2. The van der Waals surface area contributed by atoms with E-state index in [2.05, 4.69) is 35.5 Å². The fourth-order valence-corrected chi connectivity index (χ4v) is 2.83. The lowest BCUT2D eigenvalue weighted by molar-refractivity contribution is 0.0699. The van der Waals surface area contributed by atoms with E-state index in [1.54, 1.807) is 0 Å². The molecule has 1 saturated heterocycles. The van der Waals surface area contributed by atoms with Crippen LogP contribution in [0.25, 0.3) is 11.3 Å². The van der Waals surface area contributed by atoms with Gasteiger partial charge in [-0.3, -0.25) is 4.68 Å². The highest BCUT2D eigenvalue weighted by molar-refractivity contribution is 5.67. The van der Waals surface area contributed by atoms with Crippen molar-refractivity contribution in [1.29, 1.82) is 0 Å². The van der Waals surface area contributed by atoms with Gasteiger partial charge in [0.1, 0.15) is 0 Å². The van der Waals surface area contributed by atoms with Crippen LogP contribution in [0.1, 0.15) is 18.4 Å². The van der Waals surface area contributed by atoms with Gasteiger partial charge >= 0.3 is 0 Å². The van der Waals surface area contributed by atoms with Crippen molar-refractivity contribution in [1.82, 2.24) is 9.78 Å². The van der Waals surface area contributed by atoms with Crippen LogP contribution in [0.5, 0.6) is 0 Å². The van der Waals surface area contributed by atoms with Crippen LogP contribution in [0.2, 0.25) is 0 Å². The van der Waals surface area contributed by atoms with Crippen LogP contribution in [-0.2, 0) is 11.8 Å². The Hall–Kier alpha value is -1.81. The molecule has 0 unspecified atom stereocenters. The molecule has 0 atom stereocenters. The van der Waals surface area contributed by atoms with Gasteiger partial charge < -0.3 is 10.1 Å². The van der Waals surface area contributed by atoms with E-state index in [-0.39, 0.29) is 0 Å². The molecule has 1 aliphatic heterocycles. The Kier molecular flexibility index (Phi) is 4.25. The molecule has 4 heteroatoms. The average molecular weight is 285 g/mol. The van der Waals surface area contributed by atoms with Crippen molar-refractivity contribution in [3.8, 4) is 11.3 Å². The molecule has 112 valence electrons. The van der Waals surface area contributed by atoms with Gasteiger partial charge in [0.05, 0.1) is 5.69 Å². The Labute approximate surface area is 126 Å². The molecule has 3 rings (SSSR count). The van der Waals surface area contributed by atoms with Crippen molar-refractivity contribution in [2.75, 3.05) is 25.1 Å². The van der Waals surface area contributed by atoms with E-state index in [1.807, 2.05) is 24.0 Å². The number of nitrogens with one attached hydrogen (secondary N) is 1. The molecular formula is C17H23N3O. The first-order valence-electron chi connectivity index (χ1n) is 7.64. The monoisotopic (exact) mass is 285 g/mol. The Morgan fingerprint density at radius 2 is 2.10 bits per heavy atom. The fraction of sp³-hybridized carbons (Fsp3) is 0.471. The second-order valence-electron chi connectivity index (χ2n) is 5.81. The summed E-state index contributed by atoms with van der Waals surface area (Å²) in [5.41, 5.74) is 4.85. The fourth-order valence-electron chi connectivity index (χ4n) is 2.83. The minimum absolute atomic E-state index is 0.721. The number of hydrogen-bond acceptors (Lipinski definition) is 3. The molecule has 0 aliphatic carbocycles. The molecule has 0 amide bonds. The van der Waals surface area contributed by atoms with Crippen LogP contribution in [0.4, 0.5) is 5.69 Å². The minimum atomic E-state index is 0.721. The van der Waals surface area contributed by atoms with E-state index in [4.69, 9.17) is 4.74 Å². The maximum Gasteiger partial charge on any atom is 0.0679 e. The predicted octanol–water partition coefficient (Wildman–Crippen LogP) is 3.23. The van der Waals surface area contributed by atoms with Gasteiger partial charge in [-0.2, -0.15) is 5.10 Å². The van der Waals surface area contributed by atoms with Crippen LogP contribution in [0.15, 0.2) is 30.5 Å². The first-order chi connectivity index (χ1) is 10.2. The number of rotatable bonds is 4. The Bertz CT molecular complexity index is 600. The predicted molar refractivity (Wildman–Crippen MR) is 85.4 cm³/mol. The second kappa shape index (κ2) is 6.31. The lowest BCUT2D eigenvalue weighted by Gasteiger charge is -2.23. The molecule has 21 heavy (non-hydrogen) atoms. The van der Waals surface area contributed by atoms with Crippen LogP contribution >= 0.6 is 0 Å². The summed E-state index contributed by atoms with van der Waals surface area (Å²) in [5.74, 6) is 0.721. The highest BCUT2D eigenvalue weighted by Gasteiger charge is 2.14. The summed E-state index contributed by atoms with van der Waals surface area (Å²) in [7, 11) is 1.98. The number of aromatic nitrogens is 2. The first-order valence-corrected chi connectivity index (χ1v) is 7.64. The van der Waals surface area contributed by atoms with E-state index in [9.17, 15) is 0 Å². The molecule has 0 spiro atoms. The summed E-state index contributed by atoms with van der Waals surface area (Å²) >= 11 is 0. The maximum absolute atomic E-state index is 5.42. The quantitative estimate of drug-likeness (QED) is 0.937. The minimum Gasteiger partial charge on any atom is -0.385 e. The molecule has 0 radical (unpaired) electrons. The molecule has 2 heterocycles. The van der Waals surface area contributed by atoms with E-state index in [0.717, 1.165) is 44.2 Å². The molecule has 1 aromatic heterocycles. The van der Waals surface area contributed by atoms with Crippen molar-refractivity contribution in [2.45, 2.75) is 19.8 Å². The third-order valence-corrected chi connectivity index (χ3v) is 4.28. The summed E-state index contributed by atoms with van der Waals surface area (Å²) < 4.78 is 7.33. The van der Waals surface area contributed by atoms with Gasteiger partial charge in [-0.05, 0) is 43.4 Å². The smallest absolute Gasteiger partial charge is 0.0679 e. The normalized spacial score (nSPS) is 16.1. The van der Waals surface area contributed by atoms with E-state index >= 15 is 0 Å².